The quantitative estimate of drug-likeness (QED) is 0.480. The van der Waals surface area contributed by atoms with E-state index in [0.717, 1.165) is 17.0 Å². The number of methoxy groups -OCH3 is 1. The van der Waals surface area contributed by atoms with Crippen LogP contribution >= 0.6 is 12.2 Å². The Morgan fingerprint density at radius 1 is 1.20 bits per heavy atom. The second-order valence-electron chi connectivity index (χ2n) is 3.21. The van der Waals surface area contributed by atoms with Crippen LogP contribution in [0.25, 0.3) is 0 Å². The molecule has 0 bridgehead atoms. The Morgan fingerprint density at radius 2 is 1.80 bits per heavy atom. The van der Waals surface area contributed by atoms with Crippen LogP contribution < -0.4 is 5.32 Å². The Labute approximate surface area is 96.0 Å². The second-order valence-corrected chi connectivity index (χ2v) is 3.61. The molecule has 80 valence electrons. The highest BCUT2D eigenvalue weighted by Crippen LogP contribution is 2.11. The molecule has 0 radical (unpaired) electrons. The van der Waals surface area contributed by atoms with E-state index in [0.29, 0.717) is 4.99 Å². The summed E-state index contributed by atoms with van der Waals surface area (Å²) < 4.78 is 5.12. The first-order chi connectivity index (χ1) is 7.15. The zero-order valence-electron chi connectivity index (χ0n) is 9.20. The molecular formula is C12H15NOS. The zero-order valence-corrected chi connectivity index (χ0v) is 10.0. The van der Waals surface area contributed by atoms with Crippen molar-refractivity contribution < 1.29 is 4.74 Å². The van der Waals surface area contributed by atoms with Gasteiger partial charge in [0.15, 0.2) is 0 Å². The highest BCUT2D eigenvalue weighted by atomic mass is 32.1. The van der Waals surface area contributed by atoms with Gasteiger partial charge in [0.1, 0.15) is 4.99 Å². The monoisotopic (exact) mass is 221 g/mol. The Hall–Kier alpha value is -1.35. The standard InChI is InChI=1S/C12H15NOS/c1-9(10(2)14-3)12(15)13-11-7-5-4-6-8-11/h4-8H,1-3H3,(H,13,15). The Balaban J connectivity index is 2.73. The maximum absolute atomic E-state index is 5.25. The number of benzene rings is 1. The van der Waals surface area contributed by atoms with Crippen molar-refractivity contribution in [2.45, 2.75) is 13.8 Å². The number of ether oxygens (including phenoxy) is 1. The number of hydrogen-bond acceptors (Lipinski definition) is 2. The lowest BCUT2D eigenvalue weighted by atomic mass is 10.2. The van der Waals surface area contributed by atoms with Crippen LogP contribution in [0, 0.1) is 0 Å². The summed E-state index contributed by atoms with van der Waals surface area (Å²) >= 11 is 5.25. The first kappa shape index (κ1) is 11.7. The van der Waals surface area contributed by atoms with E-state index >= 15 is 0 Å². The van der Waals surface area contributed by atoms with E-state index in [9.17, 15) is 0 Å². The average molecular weight is 221 g/mol. The van der Waals surface area contributed by atoms with Gasteiger partial charge in [0.2, 0.25) is 0 Å². The van der Waals surface area contributed by atoms with E-state index in [4.69, 9.17) is 17.0 Å². The number of para-hydroxylation sites is 1. The molecule has 15 heavy (non-hydrogen) atoms. The van der Waals surface area contributed by atoms with Gasteiger partial charge < -0.3 is 10.1 Å². The molecule has 0 atom stereocenters. The van der Waals surface area contributed by atoms with Crippen molar-refractivity contribution in [3.05, 3.63) is 41.7 Å². The van der Waals surface area contributed by atoms with Crippen molar-refractivity contribution in [2.75, 3.05) is 12.4 Å². The maximum Gasteiger partial charge on any atom is 0.109 e. The molecule has 0 heterocycles. The number of anilines is 1. The lowest BCUT2D eigenvalue weighted by Gasteiger charge is -2.10. The van der Waals surface area contributed by atoms with Crippen LogP contribution in [0.5, 0.6) is 0 Å². The van der Waals surface area contributed by atoms with Crippen LogP contribution in [0.4, 0.5) is 5.69 Å². The predicted molar refractivity (Wildman–Crippen MR) is 68.0 cm³/mol. The van der Waals surface area contributed by atoms with Gasteiger partial charge in [-0.2, -0.15) is 0 Å². The summed E-state index contributed by atoms with van der Waals surface area (Å²) in [6.07, 6.45) is 0. The predicted octanol–water partition coefficient (Wildman–Crippen LogP) is 3.37. The van der Waals surface area contributed by atoms with Gasteiger partial charge in [-0.05, 0) is 26.0 Å². The molecule has 0 spiro atoms. The highest BCUT2D eigenvalue weighted by molar-refractivity contribution is 7.81. The molecule has 1 aromatic carbocycles. The molecule has 1 N–H and O–H groups in total. The summed E-state index contributed by atoms with van der Waals surface area (Å²) in [4.78, 5) is 0.695. The molecule has 1 aromatic rings. The van der Waals surface area contributed by atoms with Crippen LogP contribution in [0.15, 0.2) is 41.7 Å². The van der Waals surface area contributed by atoms with E-state index < -0.39 is 0 Å². The molecule has 3 heteroatoms. The third kappa shape index (κ3) is 3.36. The molecule has 0 aliphatic rings. The van der Waals surface area contributed by atoms with Crippen molar-refractivity contribution >= 4 is 22.9 Å². The fourth-order valence-corrected chi connectivity index (χ4v) is 1.32. The van der Waals surface area contributed by atoms with E-state index in [-0.39, 0.29) is 0 Å². The first-order valence-corrected chi connectivity index (χ1v) is 5.14. The third-order valence-electron chi connectivity index (χ3n) is 2.21. The maximum atomic E-state index is 5.25. The van der Waals surface area contributed by atoms with E-state index in [1.54, 1.807) is 7.11 Å². The van der Waals surface area contributed by atoms with E-state index in [2.05, 4.69) is 5.32 Å². The molecule has 0 unspecified atom stereocenters. The molecule has 0 aliphatic carbocycles. The highest BCUT2D eigenvalue weighted by Gasteiger charge is 2.03. The summed E-state index contributed by atoms with van der Waals surface area (Å²) in [5.41, 5.74) is 1.95. The molecule has 1 rings (SSSR count). The number of thiocarbonyl (C=S) groups is 1. The summed E-state index contributed by atoms with van der Waals surface area (Å²) in [6.45, 7) is 3.84. The molecule has 0 saturated heterocycles. The molecular weight excluding hydrogens is 206 g/mol. The lowest BCUT2D eigenvalue weighted by Crippen LogP contribution is -2.11. The second kappa shape index (κ2) is 5.51. The molecule has 0 amide bonds. The first-order valence-electron chi connectivity index (χ1n) is 4.73. The largest absolute Gasteiger partial charge is 0.501 e. The van der Waals surface area contributed by atoms with Crippen molar-refractivity contribution in [1.29, 1.82) is 0 Å². The van der Waals surface area contributed by atoms with Crippen molar-refractivity contribution in [3.8, 4) is 0 Å². The minimum atomic E-state index is 0.695. The van der Waals surface area contributed by atoms with Gasteiger partial charge in [-0.15, -0.1) is 0 Å². The molecule has 0 aromatic heterocycles. The number of rotatable bonds is 3. The molecule has 0 saturated carbocycles. The summed E-state index contributed by atoms with van der Waals surface area (Å²) in [7, 11) is 1.64. The van der Waals surface area contributed by atoms with Gasteiger partial charge in [-0.3, -0.25) is 0 Å². The lowest BCUT2D eigenvalue weighted by molar-refractivity contribution is 0.291. The zero-order chi connectivity index (χ0) is 11.3. The summed E-state index contributed by atoms with van der Waals surface area (Å²) in [5.74, 6) is 0.837. The van der Waals surface area contributed by atoms with Gasteiger partial charge >= 0.3 is 0 Å². The Morgan fingerprint density at radius 3 is 2.33 bits per heavy atom. The molecule has 2 nitrogen and oxygen atoms in total. The van der Waals surface area contributed by atoms with E-state index in [1.165, 1.54) is 0 Å². The SMILES string of the molecule is COC(C)=C(C)C(=S)Nc1ccccc1. The third-order valence-corrected chi connectivity index (χ3v) is 2.61. The van der Waals surface area contributed by atoms with Gasteiger partial charge in [-0.25, -0.2) is 0 Å². The van der Waals surface area contributed by atoms with E-state index in [1.807, 2.05) is 44.2 Å². The van der Waals surface area contributed by atoms with Crippen LogP contribution in [0.3, 0.4) is 0 Å². The smallest absolute Gasteiger partial charge is 0.109 e. The summed E-state index contributed by atoms with van der Waals surface area (Å²) in [6, 6.07) is 9.85. The van der Waals surface area contributed by atoms with Gasteiger partial charge in [0.25, 0.3) is 0 Å². The average Bonchev–Trinajstić information content (AvgIpc) is 2.28. The van der Waals surface area contributed by atoms with Gasteiger partial charge in [0, 0.05) is 11.3 Å². The van der Waals surface area contributed by atoms with Crippen LogP contribution in [0.1, 0.15) is 13.8 Å². The van der Waals surface area contributed by atoms with Crippen molar-refractivity contribution in [2.24, 2.45) is 0 Å². The Bertz CT molecular complexity index is 370. The number of hydrogen-bond donors (Lipinski definition) is 1. The fourth-order valence-electron chi connectivity index (χ4n) is 1.06. The fraction of sp³-hybridized carbons (Fsp3) is 0.250. The number of allylic oxidation sites excluding steroid dienone is 1. The normalized spacial score (nSPS) is 11.7. The number of nitrogens with one attached hydrogen (secondary N) is 1. The molecule has 0 aliphatic heterocycles. The van der Waals surface area contributed by atoms with Crippen LogP contribution in [0.2, 0.25) is 0 Å². The minimum absolute atomic E-state index is 0.695. The van der Waals surface area contributed by atoms with Crippen molar-refractivity contribution in [3.63, 3.8) is 0 Å². The summed E-state index contributed by atoms with van der Waals surface area (Å²) in [5, 5.41) is 3.15. The van der Waals surface area contributed by atoms with Crippen LogP contribution in [-0.4, -0.2) is 12.1 Å². The van der Waals surface area contributed by atoms with Gasteiger partial charge in [0.05, 0.1) is 12.9 Å². The van der Waals surface area contributed by atoms with Crippen molar-refractivity contribution in [1.82, 2.24) is 0 Å². The minimum Gasteiger partial charge on any atom is -0.501 e. The Kier molecular flexibility index (Phi) is 4.31. The molecule has 0 fully saturated rings. The van der Waals surface area contributed by atoms with Gasteiger partial charge in [-0.1, -0.05) is 30.4 Å². The van der Waals surface area contributed by atoms with Crippen LogP contribution in [-0.2, 0) is 4.74 Å². The topological polar surface area (TPSA) is 21.3 Å².